The monoisotopic (exact) mass is 171 g/mol. The number of rotatable bonds is 0. The molecule has 0 aliphatic carbocycles. The molecule has 0 N–H and O–H groups in total. The summed E-state index contributed by atoms with van der Waals surface area (Å²) in [6.45, 7) is 3.65. The minimum absolute atomic E-state index is 0.757. The van der Waals surface area contributed by atoms with Crippen LogP contribution in [-0.2, 0) is 0 Å². The van der Waals surface area contributed by atoms with Crippen LogP contribution in [0.5, 0.6) is 0 Å². The summed E-state index contributed by atoms with van der Waals surface area (Å²) < 4.78 is 0.757. The molecule has 0 amide bonds. The summed E-state index contributed by atoms with van der Waals surface area (Å²) in [5.41, 5.74) is 0.813. The second kappa shape index (κ2) is 2.22. The first-order valence-electron chi connectivity index (χ1n) is 2.08. The molecule has 0 unspecified atom stereocenters. The molecule has 0 fully saturated rings. The van der Waals surface area contributed by atoms with Gasteiger partial charge in [-0.1, -0.05) is 0 Å². The number of halogens is 1. The van der Waals surface area contributed by atoms with E-state index >= 15 is 0 Å². The van der Waals surface area contributed by atoms with E-state index in [1.807, 2.05) is 0 Å². The van der Waals surface area contributed by atoms with E-state index in [-0.39, 0.29) is 0 Å². The molecule has 0 bridgehead atoms. The maximum atomic E-state index is 3.82. The van der Waals surface area contributed by atoms with Crippen molar-refractivity contribution in [2.24, 2.45) is 0 Å². The third-order valence-corrected chi connectivity index (χ3v) is 1.45. The molecule has 3 heteroatoms. The van der Waals surface area contributed by atoms with Gasteiger partial charge < -0.3 is 0 Å². The van der Waals surface area contributed by atoms with Crippen molar-refractivity contribution in [2.75, 3.05) is 0 Å². The molecule has 0 saturated heterocycles. The van der Waals surface area contributed by atoms with Crippen LogP contribution in [0, 0.1) is 6.92 Å². The summed E-state index contributed by atoms with van der Waals surface area (Å²) in [7, 11) is 0. The van der Waals surface area contributed by atoms with Gasteiger partial charge in [0.1, 0.15) is 10.9 Å². The highest BCUT2D eigenvalue weighted by molar-refractivity contribution is 9.10. The Hall–Kier alpha value is -0.440. The Labute approximate surface area is 56.1 Å². The van der Waals surface area contributed by atoms with E-state index < -0.39 is 0 Å². The van der Waals surface area contributed by atoms with Gasteiger partial charge in [0.25, 0.3) is 0 Å². The van der Waals surface area contributed by atoms with E-state index in [9.17, 15) is 0 Å². The highest BCUT2D eigenvalue weighted by Crippen LogP contribution is 2.07. The molecule has 1 heterocycles. The van der Waals surface area contributed by atoms with Crippen molar-refractivity contribution in [3.05, 3.63) is 29.6 Å². The first-order valence-corrected chi connectivity index (χ1v) is 2.87. The molecule has 1 rings (SSSR count). The molecular formula is C5H4BrN2. The SMILES string of the molecule is [CH2]c1cncnc1Br. The molecule has 1 aromatic rings. The van der Waals surface area contributed by atoms with Crippen LogP contribution in [0.2, 0.25) is 0 Å². The maximum Gasteiger partial charge on any atom is 0.116 e. The van der Waals surface area contributed by atoms with Gasteiger partial charge >= 0.3 is 0 Å². The lowest BCUT2D eigenvalue weighted by Crippen LogP contribution is -1.80. The number of hydrogen-bond donors (Lipinski definition) is 0. The fourth-order valence-electron chi connectivity index (χ4n) is 0.344. The average Bonchev–Trinajstić information content (AvgIpc) is 1.77. The van der Waals surface area contributed by atoms with E-state index in [0.717, 1.165) is 10.2 Å². The normalized spacial score (nSPS) is 9.25. The van der Waals surface area contributed by atoms with Crippen LogP contribution in [0.15, 0.2) is 17.1 Å². The summed E-state index contributed by atoms with van der Waals surface area (Å²) >= 11 is 3.18. The minimum atomic E-state index is 0.757. The van der Waals surface area contributed by atoms with Crippen molar-refractivity contribution < 1.29 is 0 Å². The Morgan fingerprint density at radius 2 is 2.38 bits per heavy atom. The van der Waals surface area contributed by atoms with Crippen LogP contribution in [0.1, 0.15) is 5.56 Å². The zero-order valence-electron chi connectivity index (χ0n) is 4.13. The fraction of sp³-hybridized carbons (Fsp3) is 0. The summed E-state index contributed by atoms with van der Waals surface area (Å²) in [5, 5.41) is 0. The Bertz CT molecular complexity index is 167. The maximum absolute atomic E-state index is 3.82. The lowest BCUT2D eigenvalue weighted by Gasteiger charge is -1.89. The molecule has 0 aliphatic rings. The molecule has 0 atom stereocenters. The first-order chi connectivity index (χ1) is 3.80. The van der Waals surface area contributed by atoms with Gasteiger partial charge in [-0.2, -0.15) is 0 Å². The van der Waals surface area contributed by atoms with E-state index in [4.69, 9.17) is 0 Å². The average molecular weight is 172 g/mol. The number of hydrogen-bond acceptors (Lipinski definition) is 2. The van der Waals surface area contributed by atoms with Crippen molar-refractivity contribution >= 4 is 15.9 Å². The lowest BCUT2D eigenvalue weighted by atomic mass is 10.4. The highest BCUT2D eigenvalue weighted by atomic mass is 79.9. The van der Waals surface area contributed by atoms with Crippen molar-refractivity contribution in [1.82, 2.24) is 9.97 Å². The molecule has 1 aromatic heterocycles. The van der Waals surface area contributed by atoms with Crippen LogP contribution < -0.4 is 0 Å². The molecule has 41 valence electrons. The van der Waals surface area contributed by atoms with Gasteiger partial charge in [0.15, 0.2) is 0 Å². The van der Waals surface area contributed by atoms with E-state index in [1.165, 1.54) is 6.33 Å². The van der Waals surface area contributed by atoms with Crippen LogP contribution in [-0.4, -0.2) is 9.97 Å². The number of aromatic nitrogens is 2. The Morgan fingerprint density at radius 3 is 2.75 bits per heavy atom. The zero-order chi connectivity index (χ0) is 5.98. The molecule has 8 heavy (non-hydrogen) atoms. The fourth-order valence-corrected chi connectivity index (χ4v) is 0.537. The molecule has 1 radical (unpaired) electrons. The Balaban J connectivity index is 3.13. The quantitative estimate of drug-likeness (QED) is 0.553. The van der Waals surface area contributed by atoms with Gasteiger partial charge in [-0.05, 0) is 22.9 Å². The molecule has 2 nitrogen and oxygen atoms in total. The van der Waals surface area contributed by atoms with E-state index in [1.54, 1.807) is 6.20 Å². The van der Waals surface area contributed by atoms with Gasteiger partial charge in [0.05, 0.1) is 0 Å². The van der Waals surface area contributed by atoms with Crippen molar-refractivity contribution in [3.63, 3.8) is 0 Å². The summed E-state index contributed by atoms with van der Waals surface area (Å²) in [6.07, 6.45) is 3.12. The van der Waals surface area contributed by atoms with Crippen LogP contribution in [0.3, 0.4) is 0 Å². The topological polar surface area (TPSA) is 25.8 Å². The van der Waals surface area contributed by atoms with Crippen LogP contribution in [0.25, 0.3) is 0 Å². The Kier molecular flexibility index (Phi) is 1.58. The molecule has 0 spiro atoms. The smallest absolute Gasteiger partial charge is 0.116 e. The van der Waals surface area contributed by atoms with Gasteiger partial charge in [0.2, 0.25) is 0 Å². The molecule has 0 saturated carbocycles. The number of nitrogens with zero attached hydrogens (tertiary/aromatic N) is 2. The van der Waals surface area contributed by atoms with Gasteiger partial charge in [-0.15, -0.1) is 0 Å². The molecular weight excluding hydrogens is 168 g/mol. The summed E-state index contributed by atoms with van der Waals surface area (Å²) in [6, 6.07) is 0. The predicted octanol–water partition coefficient (Wildman–Crippen LogP) is 1.42. The van der Waals surface area contributed by atoms with E-state index in [0.29, 0.717) is 0 Å². The van der Waals surface area contributed by atoms with Crippen molar-refractivity contribution in [3.8, 4) is 0 Å². The third-order valence-electron chi connectivity index (χ3n) is 0.733. The summed E-state index contributed by atoms with van der Waals surface area (Å²) in [4.78, 5) is 7.56. The van der Waals surface area contributed by atoms with Crippen molar-refractivity contribution in [1.29, 1.82) is 0 Å². The van der Waals surface area contributed by atoms with Gasteiger partial charge in [-0.25, -0.2) is 9.97 Å². The lowest BCUT2D eigenvalue weighted by molar-refractivity contribution is 1.12. The van der Waals surface area contributed by atoms with E-state index in [2.05, 4.69) is 32.8 Å². The summed E-state index contributed by atoms with van der Waals surface area (Å²) in [5.74, 6) is 0. The standard InChI is InChI=1S/C5H4BrN2/c1-4-2-7-3-8-5(4)6/h2-3H,1H2. The molecule has 0 aliphatic heterocycles. The van der Waals surface area contributed by atoms with Crippen molar-refractivity contribution in [2.45, 2.75) is 0 Å². The predicted molar refractivity (Wildman–Crippen MR) is 34.2 cm³/mol. The second-order valence-corrected chi connectivity index (χ2v) is 2.09. The Morgan fingerprint density at radius 1 is 1.62 bits per heavy atom. The zero-order valence-corrected chi connectivity index (χ0v) is 5.72. The van der Waals surface area contributed by atoms with Gasteiger partial charge in [-0.3, -0.25) is 0 Å². The first kappa shape index (κ1) is 5.69. The third kappa shape index (κ3) is 1.04. The minimum Gasteiger partial charge on any atom is -0.244 e. The molecule has 0 aromatic carbocycles. The van der Waals surface area contributed by atoms with Gasteiger partial charge in [0, 0.05) is 11.8 Å². The largest absolute Gasteiger partial charge is 0.244 e. The van der Waals surface area contributed by atoms with Crippen LogP contribution >= 0.6 is 15.9 Å². The highest BCUT2D eigenvalue weighted by Gasteiger charge is 1.89. The second-order valence-electron chi connectivity index (χ2n) is 1.34. The van der Waals surface area contributed by atoms with Crippen LogP contribution in [0.4, 0.5) is 0 Å².